The van der Waals surface area contributed by atoms with Gasteiger partial charge in [0.25, 0.3) is 5.56 Å². The second-order valence-corrected chi connectivity index (χ2v) is 6.50. The smallest absolute Gasteiger partial charge is 0.278 e. The number of amides is 1. The van der Waals surface area contributed by atoms with Crippen molar-refractivity contribution in [3.8, 4) is 0 Å². The Balaban J connectivity index is 1.72. The molecule has 0 spiro atoms. The fourth-order valence-corrected chi connectivity index (χ4v) is 2.78. The van der Waals surface area contributed by atoms with Crippen LogP contribution < -0.4 is 10.9 Å². The van der Waals surface area contributed by atoms with Gasteiger partial charge in [-0.25, -0.2) is 4.68 Å². The Hall–Kier alpha value is -2.96. The summed E-state index contributed by atoms with van der Waals surface area (Å²) < 4.78 is 25.0. The summed E-state index contributed by atoms with van der Waals surface area (Å²) >= 11 is 0. The molecule has 0 aliphatic rings. The lowest BCUT2D eigenvalue weighted by Crippen LogP contribution is -2.34. The van der Waals surface area contributed by atoms with Gasteiger partial charge in [-0.3, -0.25) is 14.3 Å². The van der Waals surface area contributed by atoms with Crippen molar-refractivity contribution in [1.82, 2.24) is 24.9 Å². The molecule has 136 valence electrons. The summed E-state index contributed by atoms with van der Waals surface area (Å²) in [6, 6.07) is 6.13. The van der Waals surface area contributed by atoms with Crippen molar-refractivity contribution in [3.05, 3.63) is 58.1 Å². The summed E-state index contributed by atoms with van der Waals surface area (Å²) in [5.74, 6) is -0.373. The molecule has 26 heavy (non-hydrogen) atoms. The Kier molecular flexibility index (Phi) is 3.89. The van der Waals surface area contributed by atoms with Gasteiger partial charge in [-0.15, -0.1) is 0 Å². The summed E-state index contributed by atoms with van der Waals surface area (Å²) in [4.78, 5) is 25.0. The van der Waals surface area contributed by atoms with E-state index in [9.17, 15) is 9.59 Å². The first kappa shape index (κ1) is 14.2. The van der Waals surface area contributed by atoms with E-state index in [4.69, 9.17) is 4.11 Å². The predicted octanol–water partition coefficient (Wildman–Crippen LogP) is 2.36. The van der Waals surface area contributed by atoms with E-state index in [2.05, 4.69) is 15.5 Å². The minimum atomic E-state index is -2.17. The normalized spacial score (nSPS) is 14.7. The van der Waals surface area contributed by atoms with Crippen LogP contribution in [0.3, 0.4) is 0 Å². The molecule has 0 bridgehead atoms. The molecule has 7 heteroatoms. The number of aromatic nitrogens is 4. The predicted molar refractivity (Wildman–Crippen MR) is 99.9 cm³/mol. The number of fused-ring (bicyclic) bond motifs is 1. The summed E-state index contributed by atoms with van der Waals surface area (Å²) in [6.07, 6.45) is 3.02. The van der Waals surface area contributed by atoms with Crippen LogP contribution in [0.5, 0.6) is 0 Å². The maximum absolute atomic E-state index is 12.6. The number of nitrogens with one attached hydrogen (secondary N) is 1. The monoisotopic (exact) mass is 356 g/mol. The van der Waals surface area contributed by atoms with Crippen LogP contribution in [-0.4, -0.2) is 25.5 Å². The highest BCUT2D eigenvalue weighted by Gasteiger charge is 2.15. The SMILES string of the molecule is [2H]C([2H])([2H])c1ccc(C(C)NC(=O)Cn2ncc3c(cnn3C(C)C)c2=O)cc1. The van der Waals surface area contributed by atoms with E-state index in [0.29, 0.717) is 10.9 Å². The molecule has 1 unspecified atom stereocenters. The molecule has 0 fully saturated rings. The molecule has 0 radical (unpaired) electrons. The summed E-state index contributed by atoms with van der Waals surface area (Å²) in [5.41, 5.74) is 1.26. The number of benzene rings is 1. The van der Waals surface area contributed by atoms with Crippen LogP contribution in [0.25, 0.3) is 10.9 Å². The van der Waals surface area contributed by atoms with Crippen molar-refractivity contribution in [2.24, 2.45) is 0 Å². The number of hydrogen-bond acceptors (Lipinski definition) is 4. The molecule has 7 nitrogen and oxygen atoms in total. The largest absolute Gasteiger partial charge is 0.348 e. The molecule has 1 atom stereocenters. The van der Waals surface area contributed by atoms with Gasteiger partial charge in [0.15, 0.2) is 0 Å². The second-order valence-electron chi connectivity index (χ2n) is 6.50. The molecular formula is C19H23N5O2. The van der Waals surface area contributed by atoms with Gasteiger partial charge >= 0.3 is 0 Å². The molecular weight excluding hydrogens is 330 g/mol. The number of nitrogens with zero attached hydrogens (tertiary/aromatic N) is 4. The third kappa shape index (κ3) is 3.51. The zero-order chi connectivity index (χ0) is 21.3. The zero-order valence-corrected chi connectivity index (χ0v) is 14.9. The van der Waals surface area contributed by atoms with Gasteiger partial charge in [-0.1, -0.05) is 29.8 Å². The van der Waals surface area contributed by atoms with Crippen LogP contribution in [0.2, 0.25) is 0 Å². The minimum Gasteiger partial charge on any atom is -0.348 e. The summed E-state index contributed by atoms with van der Waals surface area (Å²) in [6.45, 7) is 3.31. The lowest BCUT2D eigenvalue weighted by molar-refractivity contribution is -0.122. The third-order valence-electron chi connectivity index (χ3n) is 4.19. The first-order valence-corrected chi connectivity index (χ1v) is 8.41. The van der Waals surface area contributed by atoms with E-state index >= 15 is 0 Å². The average molecular weight is 356 g/mol. The van der Waals surface area contributed by atoms with Gasteiger partial charge in [-0.2, -0.15) is 10.2 Å². The molecule has 0 aliphatic carbocycles. The van der Waals surface area contributed by atoms with Crippen LogP contribution >= 0.6 is 0 Å². The van der Waals surface area contributed by atoms with Crippen LogP contribution in [0.4, 0.5) is 0 Å². The van der Waals surface area contributed by atoms with Gasteiger partial charge in [0.1, 0.15) is 6.54 Å². The van der Waals surface area contributed by atoms with Crippen molar-refractivity contribution < 1.29 is 8.91 Å². The van der Waals surface area contributed by atoms with Crippen molar-refractivity contribution in [3.63, 3.8) is 0 Å². The molecule has 3 aromatic rings. The second kappa shape index (κ2) is 7.11. The molecule has 3 rings (SSSR count). The van der Waals surface area contributed by atoms with E-state index in [1.165, 1.54) is 24.5 Å². The number of aryl methyl sites for hydroxylation is 1. The van der Waals surface area contributed by atoms with Crippen molar-refractivity contribution >= 4 is 16.8 Å². The Morgan fingerprint density at radius 3 is 2.58 bits per heavy atom. The Morgan fingerprint density at radius 2 is 1.92 bits per heavy atom. The van der Waals surface area contributed by atoms with Gasteiger partial charge in [0.2, 0.25) is 5.91 Å². The maximum Gasteiger partial charge on any atom is 0.278 e. The quantitative estimate of drug-likeness (QED) is 0.761. The molecule has 1 amide bonds. The highest BCUT2D eigenvalue weighted by molar-refractivity contribution is 5.78. The molecule has 1 aromatic carbocycles. The van der Waals surface area contributed by atoms with Crippen LogP contribution in [0.1, 0.15) is 48.1 Å². The topological polar surface area (TPSA) is 81.8 Å². The van der Waals surface area contributed by atoms with E-state index < -0.39 is 6.85 Å². The number of rotatable bonds is 5. The van der Waals surface area contributed by atoms with E-state index in [1.54, 1.807) is 23.7 Å². The summed E-state index contributed by atoms with van der Waals surface area (Å²) in [7, 11) is 0. The molecule has 0 saturated carbocycles. The van der Waals surface area contributed by atoms with Gasteiger partial charge in [-0.05, 0) is 33.2 Å². The number of carbonyl (C=O) groups excluding carboxylic acids is 1. The minimum absolute atomic E-state index is 0.0883. The zero-order valence-electron chi connectivity index (χ0n) is 17.9. The Morgan fingerprint density at radius 1 is 1.19 bits per heavy atom. The highest BCUT2D eigenvalue weighted by atomic mass is 16.2. The number of hydrogen-bond donors (Lipinski definition) is 1. The Labute approximate surface area is 155 Å². The average Bonchev–Trinajstić information content (AvgIpc) is 3.08. The van der Waals surface area contributed by atoms with Gasteiger partial charge in [0.05, 0.1) is 29.3 Å². The molecule has 0 aliphatic heterocycles. The standard InChI is InChI=1S/C19H23N5O2/c1-12(2)24-17-10-20-23(19(26)16(17)9-21-24)11-18(25)22-14(4)15-7-5-13(3)6-8-15/h5-10,12,14H,11H2,1-4H3,(H,22,25)/i3D3. The lowest BCUT2D eigenvalue weighted by atomic mass is 10.1. The fourth-order valence-electron chi connectivity index (χ4n) is 2.78. The van der Waals surface area contributed by atoms with Gasteiger partial charge < -0.3 is 5.32 Å². The van der Waals surface area contributed by atoms with E-state index in [-0.39, 0.29) is 35.7 Å². The molecule has 2 aromatic heterocycles. The first-order valence-electron chi connectivity index (χ1n) is 9.91. The van der Waals surface area contributed by atoms with Crippen LogP contribution in [0.15, 0.2) is 41.5 Å². The van der Waals surface area contributed by atoms with Crippen molar-refractivity contribution in [2.45, 2.75) is 46.3 Å². The van der Waals surface area contributed by atoms with Gasteiger partial charge in [0, 0.05) is 10.2 Å². The lowest BCUT2D eigenvalue weighted by Gasteiger charge is -2.15. The van der Waals surface area contributed by atoms with E-state index in [1.807, 2.05) is 13.8 Å². The first-order chi connectivity index (χ1) is 13.6. The van der Waals surface area contributed by atoms with Crippen molar-refractivity contribution in [2.75, 3.05) is 0 Å². The van der Waals surface area contributed by atoms with Crippen LogP contribution in [0, 0.1) is 6.85 Å². The third-order valence-corrected chi connectivity index (χ3v) is 4.19. The maximum atomic E-state index is 12.6. The summed E-state index contributed by atoms with van der Waals surface area (Å²) in [5, 5.41) is 11.5. The highest BCUT2D eigenvalue weighted by Crippen LogP contribution is 2.14. The molecule has 0 saturated heterocycles. The Bertz CT molecular complexity index is 1080. The fraction of sp³-hybridized carbons (Fsp3) is 0.368. The van der Waals surface area contributed by atoms with Crippen LogP contribution in [-0.2, 0) is 11.3 Å². The van der Waals surface area contributed by atoms with Crippen molar-refractivity contribution in [1.29, 1.82) is 0 Å². The van der Waals surface area contributed by atoms with E-state index in [0.717, 1.165) is 10.2 Å². The molecule has 1 N–H and O–H groups in total. The molecule has 2 heterocycles. The number of carbonyl (C=O) groups is 1.